The Labute approximate surface area is 140 Å². The van der Waals surface area contributed by atoms with Crippen molar-refractivity contribution in [2.75, 3.05) is 45.1 Å². The molecule has 1 aliphatic heterocycles. The number of rotatable bonds is 8. The van der Waals surface area contributed by atoms with Crippen molar-refractivity contribution in [3.05, 3.63) is 29.8 Å². The molecule has 0 aromatic heterocycles. The van der Waals surface area contributed by atoms with Gasteiger partial charge < -0.3 is 4.74 Å². The lowest BCUT2D eigenvalue weighted by molar-refractivity contribution is 0.159. The van der Waals surface area contributed by atoms with Gasteiger partial charge in [-0.15, -0.1) is 0 Å². The Morgan fingerprint density at radius 3 is 2.35 bits per heavy atom. The lowest BCUT2D eigenvalue weighted by Gasteiger charge is -2.33. The van der Waals surface area contributed by atoms with Crippen LogP contribution in [0.5, 0.6) is 5.75 Å². The zero-order valence-electron chi connectivity index (χ0n) is 14.2. The Hall–Kier alpha value is -1.11. The number of sulfonamides is 1. The molecule has 0 spiro atoms. The number of hydrogen-bond donors (Lipinski definition) is 0. The molecule has 2 rings (SSSR count). The molecule has 0 amide bonds. The van der Waals surface area contributed by atoms with E-state index in [0.29, 0.717) is 19.7 Å². The number of nitrogens with zero attached hydrogens (tertiary/aromatic N) is 2. The Bertz CT molecular complexity index is 564. The van der Waals surface area contributed by atoms with Crippen molar-refractivity contribution in [3.8, 4) is 5.75 Å². The lowest BCUT2D eigenvalue weighted by atomic mass is 10.2. The van der Waals surface area contributed by atoms with Gasteiger partial charge in [-0.1, -0.05) is 31.0 Å². The van der Waals surface area contributed by atoms with Crippen molar-refractivity contribution in [2.24, 2.45) is 0 Å². The number of aryl methyl sites for hydroxylation is 1. The van der Waals surface area contributed by atoms with Gasteiger partial charge in [-0.25, -0.2) is 8.42 Å². The van der Waals surface area contributed by atoms with Gasteiger partial charge in [0.05, 0.1) is 5.75 Å². The first kappa shape index (κ1) is 18.2. The zero-order valence-corrected chi connectivity index (χ0v) is 15.0. The molecule has 1 saturated heterocycles. The molecule has 0 atom stereocenters. The molecule has 130 valence electrons. The van der Waals surface area contributed by atoms with E-state index in [4.69, 9.17) is 4.74 Å². The Morgan fingerprint density at radius 2 is 1.74 bits per heavy atom. The van der Waals surface area contributed by atoms with Gasteiger partial charge in [-0.05, 0) is 25.5 Å². The van der Waals surface area contributed by atoms with Crippen molar-refractivity contribution in [1.82, 2.24) is 9.21 Å². The second-order valence-electron chi connectivity index (χ2n) is 6.07. The number of hydrogen-bond acceptors (Lipinski definition) is 4. The maximum absolute atomic E-state index is 12.2. The third-order valence-electron chi connectivity index (χ3n) is 4.18. The van der Waals surface area contributed by atoms with Crippen LogP contribution in [-0.2, 0) is 10.0 Å². The molecule has 6 heteroatoms. The fraction of sp³-hybridized carbons (Fsp3) is 0.647. The van der Waals surface area contributed by atoms with Gasteiger partial charge in [0.2, 0.25) is 10.0 Å². The zero-order chi connectivity index (χ0) is 16.7. The van der Waals surface area contributed by atoms with E-state index >= 15 is 0 Å². The molecule has 0 aliphatic carbocycles. The van der Waals surface area contributed by atoms with Crippen LogP contribution in [0.2, 0.25) is 0 Å². The molecule has 1 aliphatic rings. The third kappa shape index (κ3) is 5.79. The van der Waals surface area contributed by atoms with Crippen LogP contribution in [0.25, 0.3) is 0 Å². The van der Waals surface area contributed by atoms with Crippen LogP contribution in [0.1, 0.15) is 25.3 Å². The van der Waals surface area contributed by atoms with Gasteiger partial charge in [0.15, 0.2) is 0 Å². The molecule has 0 radical (unpaired) electrons. The van der Waals surface area contributed by atoms with Crippen LogP contribution in [0.4, 0.5) is 0 Å². The summed E-state index contributed by atoms with van der Waals surface area (Å²) >= 11 is 0. The standard InChI is InChI=1S/C17H28N2O3S/c1-3-4-15-23(20,21)19-11-9-18(10-12-19)13-14-22-17-7-5-16(2)6-8-17/h5-8H,3-4,9-15H2,1-2H3. The molecule has 5 nitrogen and oxygen atoms in total. The molecule has 1 fully saturated rings. The van der Waals surface area contributed by atoms with Crippen molar-refractivity contribution in [1.29, 1.82) is 0 Å². The van der Waals surface area contributed by atoms with Crippen molar-refractivity contribution >= 4 is 10.0 Å². The first-order chi connectivity index (χ1) is 11.0. The summed E-state index contributed by atoms with van der Waals surface area (Å²) in [7, 11) is -3.06. The second-order valence-corrected chi connectivity index (χ2v) is 8.16. The normalized spacial score (nSPS) is 17.3. The SMILES string of the molecule is CCCCS(=O)(=O)N1CCN(CCOc2ccc(C)cc2)CC1. The minimum absolute atomic E-state index is 0.278. The van der Waals surface area contributed by atoms with Crippen LogP contribution >= 0.6 is 0 Å². The minimum Gasteiger partial charge on any atom is -0.492 e. The van der Waals surface area contributed by atoms with Gasteiger partial charge in [0, 0.05) is 32.7 Å². The fourth-order valence-electron chi connectivity index (χ4n) is 2.61. The number of ether oxygens (including phenoxy) is 1. The van der Waals surface area contributed by atoms with Crippen LogP contribution in [0.15, 0.2) is 24.3 Å². The average Bonchev–Trinajstić information content (AvgIpc) is 2.55. The molecule has 1 aromatic carbocycles. The van der Waals surface area contributed by atoms with Crippen LogP contribution in [0.3, 0.4) is 0 Å². The van der Waals surface area contributed by atoms with Crippen molar-refractivity contribution in [2.45, 2.75) is 26.7 Å². The molecule has 0 unspecified atom stereocenters. The molecule has 0 N–H and O–H groups in total. The highest BCUT2D eigenvalue weighted by molar-refractivity contribution is 7.89. The first-order valence-electron chi connectivity index (χ1n) is 8.41. The van der Waals surface area contributed by atoms with E-state index in [0.717, 1.165) is 38.2 Å². The van der Waals surface area contributed by atoms with Crippen LogP contribution in [0, 0.1) is 6.92 Å². The van der Waals surface area contributed by atoms with Gasteiger partial charge >= 0.3 is 0 Å². The van der Waals surface area contributed by atoms with Crippen molar-refractivity contribution < 1.29 is 13.2 Å². The molecule has 1 aromatic rings. The predicted octanol–water partition coefficient (Wildman–Crippen LogP) is 2.12. The van der Waals surface area contributed by atoms with Crippen LogP contribution < -0.4 is 4.74 Å². The number of benzene rings is 1. The summed E-state index contributed by atoms with van der Waals surface area (Å²) in [6.45, 7) is 8.28. The molecule has 23 heavy (non-hydrogen) atoms. The predicted molar refractivity (Wildman–Crippen MR) is 93.4 cm³/mol. The van der Waals surface area contributed by atoms with E-state index in [-0.39, 0.29) is 5.75 Å². The summed E-state index contributed by atoms with van der Waals surface area (Å²) in [4.78, 5) is 2.26. The Balaban J connectivity index is 1.69. The maximum Gasteiger partial charge on any atom is 0.214 e. The Morgan fingerprint density at radius 1 is 1.09 bits per heavy atom. The van der Waals surface area contributed by atoms with Gasteiger partial charge in [-0.2, -0.15) is 4.31 Å². The Kier molecular flexibility index (Phi) is 6.87. The molecular weight excluding hydrogens is 312 g/mol. The quantitative estimate of drug-likeness (QED) is 0.727. The van der Waals surface area contributed by atoms with Crippen molar-refractivity contribution in [3.63, 3.8) is 0 Å². The van der Waals surface area contributed by atoms with E-state index in [1.165, 1.54) is 5.56 Å². The van der Waals surface area contributed by atoms with E-state index < -0.39 is 10.0 Å². The maximum atomic E-state index is 12.2. The summed E-state index contributed by atoms with van der Waals surface area (Å²) in [5.41, 5.74) is 1.22. The number of piperazine rings is 1. The highest BCUT2D eigenvalue weighted by Crippen LogP contribution is 2.12. The van der Waals surface area contributed by atoms with E-state index in [2.05, 4.69) is 11.8 Å². The lowest BCUT2D eigenvalue weighted by Crippen LogP contribution is -2.50. The topological polar surface area (TPSA) is 49.9 Å². The summed E-state index contributed by atoms with van der Waals surface area (Å²) in [5, 5.41) is 0. The number of unbranched alkanes of at least 4 members (excludes halogenated alkanes) is 1. The van der Waals surface area contributed by atoms with E-state index in [1.54, 1.807) is 4.31 Å². The first-order valence-corrected chi connectivity index (χ1v) is 10.0. The summed E-state index contributed by atoms with van der Waals surface area (Å²) < 4.78 is 31.7. The average molecular weight is 340 g/mol. The largest absolute Gasteiger partial charge is 0.492 e. The monoisotopic (exact) mass is 340 g/mol. The van der Waals surface area contributed by atoms with Crippen LogP contribution in [-0.4, -0.2) is 62.7 Å². The molecular formula is C17H28N2O3S. The van der Waals surface area contributed by atoms with E-state index in [9.17, 15) is 8.42 Å². The highest BCUT2D eigenvalue weighted by Gasteiger charge is 2.26. The van der Waals surface area contributed by atoms with Gasteiger partial charge in [0.25, 0.3) is 0 Å². The summed E-state index contributed by atoms with van der Waals surface area (Å²) in [6, 6.07) is 8.03. The molecule has 0 bridgehead atoms. The van der Waals surface area contributed by atoms with Gasteiger partial charge in [-0.3, -0.25) is 4.90 Å². The molecule has 0 saturated carbocycles. The molecule has 1 heterocycles. The summed E-state index contributed by atoms with van der Waals surface area (Å²) in [6.07, 6.45) is 1.66. The fourth-order valence-corrected chi connectivity index (χ4v) is 4.25. The summed E-state index contributed by atoms with van der Waals surface area (Å²) in [5.74, 6) is 1.16. The van der Waals surface area contributed by atoms with E-state index in [1.807, 2.05) is 31.2 Å². The smallest absolute Gasteiger partial charge is 0.214 e. The van der Waals surface area contributed by atoms with Gasteiger partial charge in [0.1, 0.15) is 12.4 Å². The third-order valence-corrected chi connectivity index (χ3v) is 6.13. The highest BCUT2D eigenvalue weighted by atomic mass is 32.2. The second kappa shape index (κ2) is 8.66. The minimum atomic E-state index is -3.06.